The molecule has 0 atom stereocenters. The third kappa shape index (κ3) is 4.50. The molecule has 2 aromatic heterocycles. The predicted octanol–water partition coefficient (Wildman–Crippen LogP) is 5.44. The summed E-state index contributed by atoms with van der Waals surface area (Å²) < 4.78 is 25.7. The topological polar surface area (TPSA) is 100 Å². The van der Waals surface area contributed by atoms with E-state index in [1.165, 1.54) is 41.9 Å². The van der Waals surface area contributed by atoms with Gasteiger partial charge >= 0.3 is 0 Å². The molecule has 4 rings (SSSR count). The molecule has 2 heterocycles. The van der Waals surface area contributed by atoms with Gasteiger partial charge in [0.25, 0.3) is 0 Å². The number of halogens is 2. The zero-order valence-electron chi connectivity index (χ0n) is 17.2. The van der Waals surface area contributed by atoms with Crippen molar-refractivity contribution in [2.75, 3.05) is 24.7 Å². The van der Waals surface area contributed by atoms with Crippen molar-refractivity contribution in [1.29, 1.82) is 0 Å². The second kappa shape index (κ2) is 8.80. The van der Waals surface area contributed by atoms with Crippen LogP contribution in [0.3, 0.4) is 0 Å². The summed E-state index contributed by atoms with van der Waals surface area (Å²) in [6, 6.07) is 11.7. The zero-order chi connectivity index (χ0) is 23.0. The first-order chi connectivity index (χ1) is 15.1. The summed E-state index contributed by atoms with van der Waals surface area (Å²) in [4.78, 5) is 14.4. The molecule has 0 aliphatic rings. The molecule has 0 unspecified atom stereocenters. The Morgan fingerprint density at radius 1 is 0.938 bits per heavy atom. The number of benzene rings is 2. The van der Waals surface area contributed by atoms with Gasteiger partial charge in [-0.05, 0) is 43.3 Å². The van der Waals surface area contributed by atoms with Crippen molar-refractivity contribution in [2.45, 2.75) is 11.8 Å². The Bertz CT molecular complexity index is 1390. The molecule has 32 heavy (non-hydrogen) atoms. The molecule has 0 saturated heterocycles. The maximum absolute atomic E-state index is 12.3. The zero-order valence-corrected chi connectivity index (χ0v) is 20.4. The smallest absolute Gasteiger partial charge is 0.242 e. The van der Waals surface area contributed by atoms with Crippen LogP contribution in [0.2, 0.25) is 10.0 Å². The van der Waals surface area contributed by atoms with Crippen molar-refractivity contribution >= 4 is 77.2 Å². The standard InChI is InChI=1S/C20H18Cl2N6O2S2/c1-11-23-18(25-12-7-9-13(10-8-12)32(29,30)28(2)3)17-19(24-11)31-20(27-17)26-16-14(21)5-4-6-15(16)22/h4-10H,1-3H3,(H,26,27)(H,23,24,25). The number of hydrogen-bond acceptors (Lipinski definition) is 8. The Balaban J connectivity index is 1.66. The molecule has 0 aliphatic carbocycles. The molecule has 0 fully saturated rings. The van der Waals surface area contributed by atoms with E-state index in [9.17, 15) is 8.42 Å². The molecule has 2 N–H and O–H groups in total. The number of nitrogens with zero attached hydrogens (tertiary/aromatic N) is 4. The number of aryl methyl sites for hydroxylation is 1. The molecule has 0 aliphatic heterocycles. The van der Waals surface area contributed by atoms with Crippen molar-refractivity contribution in [1.82, 2.24) is 19.3 Å². The molecule has 12 heteroatoms. The van der Waals surface area contributed by atoms with E-state index in [1.54, 1.807) is 37.3 Å². The maximum atomic E-state index is 12.3. The van der Waals surface area contributed by atoms with Gasteiger partial charge in [0.15, 0.2) is 15.8 Å². The summed E-state index contributed by atoms with van der Waals surface area (Å²) in [7, 11) is -0.519. The van der Waals surface area contributed by atoms with Gasteiger partial charge in [-0.15, -0.1) is 0 Å². The minimum Gasteiger partial charge on any atom is -0.338 e. The third-order valence-corrected chi connectivity index (χ3v) is 7.78. The van der Waals surface area contributed by atoms with Gasteiger partial charge in [0.05, 0.1) is 20.6 Å². The molecule has 2 aromatic carbocycles. The minimum absolute atomic E-state index is 0.203. The number of fused-ring (bicyclic) bond motifs is 1. The predicted molar refractivity (Wildman–Crippen MR) is 130 cm³/mol. The lowest BCUT2D eigenvalue weighted by molar-refractivity contribution is 0.521. The molecule has 8 nitrogen and oxygen atoms in total. The summed E-state index contributed by atoms with van der Waals surface area (Å²) in [5, 5.41) is 7.87. The Morgan fingerprint density at radius 2 is 1.59 bits per heavy atom. The van der Waals surface area contributed by atoms with E-state index in [-0.39, 0.29) is 4.90 Å². The number of para-hydroxylation sites is 1. The van der Waals surface area contributed by atoms with E-state index >= 15 is 0 Å². The van der Waals surface area contributed by atoms with Crippen LogP contribution < -0.4 is 10.6 Å². The number of rotatable bonds is 6. The van der Waals surface area contributed by atoms with Crippen molar-refractivity contribution < 1.29 is 8.42 Å². The maximum Gasteiger partial charge on any atom is 0.242 e. The van der Waals surface area contributed by atoms with Gasteiger partial charge in [0.1, 0.15) is 11.3 Å². The van der Waals surface area contributed by atoms with Gasteiger partial charge in [-0.1, -0.05) is 40.6 Å². The molecular formula is C20H18Cl2N6O2S2. The fourth-order valence-electron chi connectivity index (χ4n) is 2.85. The molecule has 0 saturated carbocycles. The van der Waals surface area contributed by atoms with E-state index in [1.807, 2.05) is 0 Å². The van der Waals surface area contributed by atoms with E-state index in [0.29, 0.717) is 48.5 Å². The first kappa shape index (κ1) is 22.7. The average molecular weight is 509 g/mol. The van der Waals surface area contributed by atoms with Gasteiger partial charge in [-0.2, -0.15) is 0 Å². The Kier molecular flexibility index (Phi) is 6.24. The van der Waals surface area contributed by atoms with E-state index in [2.05, 4.69) is 25.6 Å². The number of sulfonamides is 1. The first-order valence-electron chi connectivity index (χ1n) is 9.31. The second-order valence-electron chi connectivity index (χ2n) is 6.95. The highest BCUT2D eigenvalue weighted by molar-refractivity contribution is 7.89. The van der Waals surface area contributed by atoms with Gasteiger partial charge in [-0.25, -0.2) is 27.7 Å². The fourth-order valence-corrected chi connectivity index (χ4v) is 5.13. The number of hydrogen-bond donors (Lipinski definition) is 2. The number of anilines is 4. The van der Waals surface area contributed by atoms with Crippen LogP contribution in [0.1, 0.15) is 5.82 Å². The van der Waals surface area contributed by atoms with Crippen LogP contribution in [0.5, 0.6) is 0 Å². The van der Waals surface area contributed by atoms with Crippen LogP contribution >= 0.6 is 34.5 Å². The highest BCUT2D eigenvalue weighted by Crippen LogP contribution is 2.36. The van der Waals surface area contributed by atoms with Gasteiger partial charge in [0, 0.05) is 19.8 Å². The van der Waals surface area contributed by atoms with Crippen molar-refractivity contribution in [3.63, 3.8) is 0 Å². The molecular weight excluding hydrogens is 491 g/mol. The molecule has 166 valence electrons. The normalized spacial score (nSPS) is 11.8. The summed E-state index contributed by atoms with van der Waals surface area (Å²) in [6.07, 6.45) is 0. The summed E-state index contributed by atoms with van der Waals surface area (Å²) in [6.45, 7) is 1.79. The lowest BCUT2D eigenvalue weighted by Gasteiger charge is -2.12. The molecule has 0 amide bonds. The van der Waals surface area contributed by atoms with Crippen molar-refractivity contribution in [3.8, 4) is 0 Å². The largest absolute Gasteiger partial charge is 0.338 e. The monoisotopic (exact) mass is 508 g/mol. The van der Waals surface area contributed by atoms with Crippen molar-refractivity contribution in [2.24, 2.45) is 0 Å². The summed E-state index contributed by atoms with van der Waals surface area (Å²) in [5.41, 5.74) is 1.79. The van der Waals surface area contributed by atoms with Crippen LogP contribution in [0.4, 0.5) is 22.3 Å². The van der Waals surface area contributed by atoms with Crippen LogP contribution in [-0.2, 0) is 10.0 Å². The first-order valence-corrected chi connectivity index (χ1v) is 12.3. The molecule has 4 aromatic rings. The molecule has 0 bridgehead atoms. The number of aromatic nitrogens is 3. The van der Waals surface area contributed by atoms with Crippen LogP contribution in [-0.4, -0.2) is 41.8 Å². The highest BCUT2D eigenvalue weighted by atomic mass is 35.5. The van der Waals surface area contributed by atoms with E-state index in [4.69, 9.17) is 23.2 Å². The second-order valence-corrected chi connectivity index (χ2v) is 10.9. The Morgan fingerprint density at radius 3 is 2.22 bits per heavy atom. The van der Waals surface area contributed by atoms with E-state index < -0.39 is 10.0 Å². The third-order valence-electron chi connectivity index (χ3n) is 4.46. The Labute approximate surface area is 199 Å². The lowest BCUT2D eigenvalue weighted by atomic mass is 10.3. The number of thiazole rings is 1. The SMILES string of the molecule is Cc1nc(Nc2ccc(S(=O)(=O)N(C)C)cc2)c2nc(Nc3c(Cl)cccc3Cl)sc2n1. The average Bonchev–Trinajstić information content (AvgIpc) is 3.14. The molecule has 0 radical (unpaired) electrons. The Hall–Kier alpha value is -2.50. The number of nitrogens with one attached hydrogen (secondary N) is 2. The summed E-state index contributed by atoms with van der Waals surface area (Å²) in [5.74, 6) is 1.07. The van der Waals surface area contributed by atoms with Gasteiger partial charge in [-0.3, -0.25) is 0 Å². The van der Waals surface area contributed by atoms with Gasteiger partial charge < -0.3 is 10.6 Å². The van der Waals surface area contributed by atoms with Crippen LogP contribution in [0.25, 0.3) is 10.3 Å². The van der Waals surface area contributed by atoms with Crippen LogP contribution in [0, 0.1) is 6.92 Å². The quantitative estimate of drug-likeness (QED) is 0.357. The highest BCUT2D eigenvalue weighted by Gasteiger charge is 2.18. The molecule has 0 spiro atoms. The summed E-state index contributed by atoms with van der Waals surface area (Å²) >= 11 is 13.8. The van der Waals surface area contributed by atoms with Crippen LogP contribution in [0.15, 0.2) is 47.4 Å². The van der Waals surface area contributed by atoms with Gasteiger partial charge in [0.2, 0.25) is 10.0 Å². The fraction of sp³-hybridized carbons (Fsp3) is 0.150. The van der Waals surface area contributed by atoms with E-state index in [0.717, 1.165) is 0 Å². The van der Waals surface area contributed by atoms with Crippen molar-refractivity contribution in [3.05, 3.63) is 58.3 Å². The minimum atomic E-state index is -3.50. The lowest BCUT2D eigenvalue weighted by Crippen LogP contribution is -2.22.